The van der Waals surface area contributed by atoms with E-state index < -0.39 is 21.2 Å². The van der Waals surface area contributed by atoms with Gasteiger partial charge in [-0.1, -0.05) is 12.1 Å². The van der Waals surface area contributed by atoms with E-state index in [1.807, 2.05) is 0 Å². The molecule has 0 aliphatic rings. The molecule has 0 heterocycles. The van der Waals surface area contributed by atoms with E-state index in [-0.39, 0.29) is 5.92 Å². The van der Waals surface area contributed by atoms with Gasteiger partial charge in [-0.15, -0.1) is 0 Å². The molecule has 18 heavy (non-hydrogen) atoms. The number of sulfonamides is 1. The Morgan fingerprint density at radius 1 is 1.17 bits per heavy atom. The van der Waals surface area contributed by atoms with Crippen LogP contribution < -0.4 is 10.5 Å². The molecule has 0 aromatic heterocycles. The second-order valence-electron chi connectivity index (χ2n) is 4.44. The van der Waals surface area contributed by atoms with Crippen LogP contribution in [-0.2, 0) is 14.8 Å². The van der Waals surface area contributed by atoms with Gasteiger partial charge in [0.05, 0.1) is 11.2 Å². The van der Waals surface area contributed by atoms with Crippen molar-refractivity contribution in [3.8, 4) is 0 Å². The number of carbonyl (C=O) groups is 1. The van der Waals surface area contributed by atoms with Crippen LogP contribution in [0.1, 0.15) is 32.3 Å². The summed E-state index contributed by atoms with van der Waals surface area (Å²) in [7, 11) is -3.34. The minimum Gasteiger partial charge on any atom is -0.369 e. The van der Waals surface area contributed by atoms with Crippen molar-refractivity contribution in [2.75, 3.05) is 4.72 Å². The highest BCUT2D eigenvalue weighted by Gasteiger charge is 2.16. The Morgan fingerprint density at radius 2 is 1.67 bits per heavy atom. The number of hydrogen-bond donors (Lipinski definition) is 2. The molecule has 0 aliphatic heterocycles. The first-order valence-corrected chi connectivity index (χ1v) is 7.19. The summed E-state index contributed by atoms with van der Waals surface area (Å²) in [5.41, 5.74) is 6.43. The van der Waals surface area contributed by atoms with Crippen LogP contribution in [0.15, 0.2) is 24.3 Å². The molecule has 1 amide bonds. The fourth-order valence-corrected chi connectivity index (χ4v) is 1.99. The van der Waals surface area contributed by atoms with Crippen molar-refractivity contribution in [2.24, 2.45) is 5.73 Å². The van der Waals surface area contributed by atoms with Gasteiger partial charge < -0.3 is 5.73 Å². The molecule has 1 aromatic rings. The van der Waals surface area contributed by atoms with Crippen molar-refractivity contribution in [1.29, 1.82) is 0 Å². The van der Waals surface area contributed by atoms with Crippen LogP contribution in [0.2, 0.25) is 0 Å². The van der Waals surface area contributed by atoms with Gasteiger partial charge in [0.15, 0.2) is 0 Å². The minimum absolute atomic E-state index is 0.388. The number of nitrogens with one attached hydrogen (secondary N) is 1. The van der Waals surface area contributed by atoms with Crippen LogP contribution >= 0.6 is 0 Å². The van der Waals surface area contributed by atoms with E-state index >= 15 is 0 Å². The average molecular weight is 270 g/mol. The number of nitrogens with two attached hydrogens (primary N) is 1. The molecule has 0 fully saturated rings. The first-order chi connectivity index (χ1) is 8.24. The maximum atomic E-state index is 11.6. The molecular weight excluding hydrogens is 252 g/mol. The molecule has 0 saturated heterocycles. The van der Waals surface area contributed by atoms with Crippen molar-refractivity contribution >= 4 is 21.6 Å². The summed E-state index contributed by atoms with van der Waals surface area (Å²) < 4.78 is 25.8. The van der Waals surface area contributed by atoms with Crippen LogP contribution in [0, 0.1) is 0 Å². The standard InChI is InChI=1S/C12H18N2O3S/c1-8(2)18(16,17)14-11-6-4-10(5-7-11)9(3)12(13)15/h4-9,14H,1-3H3,(H2,13,15). The number of benzene rings is 1. The van der Waals surface area contributed by atoms with Crippen LogP contribution in [-0.4, -0.2) is 19.6 Å². The Bertz CT molecular complexity index is 521. The maximum Gasteiger partial charge on any atom is 0.235 e. The molecule has 100 valence electrons. The maximum absolute atomic E-state index is 11.6. The highest BCUT2D eigenvalue weighted by Crippen LogP contribution is 2.19. The summed E-state index contributed by atoms with van der Waals surface area (Å²) in [6, 6.07) is 6.62. The molecule has 0 saturated carbocycles. The predicted molar refractivity (Wildman–Crippen MR) is 71.7 cm³/mol. The fraction of sp³-hybridized carbons (Fsp3) is 0.417. The monoisotopic (exact) mass is 270 g/mol. The van der Waals surface area contributed by atoms with E-state index in [2.05, 4.69) is 4.72 Å². The summed E-state index contributed by atoms with van der Waals surface area (Å²) >= 11 is 0. The van der Waals surface area contributed by atoms with Gasteiger partial charge in [-0.25, -0.2) is 8.42 Å². The number of carbonyl (C=O) groups excluding carboxylic acids is 1. The van der Waals surface area contributed by atoms with Crippen LogP contribution in [0.25, 0.3) is 0 Å². The largest absolute Gasteiger partial charge is 0.369 e. The SMILES string of the molecule is CC(C(N)=O)c1ccc(NS(=O)(=O)C(C)C)cc1. The molecule has 6 heteroatoms. The Balaban J connectivity index is 2.88. The lowest BCUT2D eigenvalue weighted by molar-refractivity contribution is -0.119. The average Bonchev–Trinajstić information content (AvgIpc) is 2.28. The zero-order valence-electron chi connectivity index (χ0n) is 10.7. The van der Waals surface area contributed by atoms with Crippen LogP contribution in [0.3, 0.4) is 0 Å². The van der Waals surface area contributed by atoms with Crippen LogP contribution in [0.5, 0.6) is 0 Å². The highest BCUT2D eigenvalue weighted by molar-refractivity contribution is 7.93. The third-order valence-corrected chi connectivity index (χ3v) is 4.48. The van der Waals surface area contributed by atoms with Gasteiger partial charge in [0.2, 0.25) is 15.9 Å². The molecule has 5 nitrogen and oxygen atoms in total. The van der Waals surface area contributed by atoms with Gasteiger partial charge in [0.1, 0.15) is 0 Å². The summed E-state index contributed by atoms with van der Waals surface area (Å²) in [6.45, 7) is 4.91. The Morgan fingerprint density at radius 3 is 2.06 bits per heavy atom. The van der Waals surface area contributed by atoms with Gasteiger partial charge in [-0.3, -0.25) is 9.52 Å². The highest BCUT2D eigenvalue weighted by atomic mass is 32.2. The summed E-state index contributed by atoms with van der Waals surface area (Å²) in [5.74, 6) is -0.800. The van der Waals surface area contributed by atoms with Gasteiger partial charge in [0.25, 0.3) is 0 Å². The molecule has 0 radical (unpaired) electrons. The Hall–Kier alpha value is -1.56. The quantitative estimate of drug-likeness (QED) is 0.848. The topological polar surface area (TPSA) is 89.3 Å². The Labute approximate surface area is 107 Å². The zero-order chi connectivity index (χ0) is 13.9. The first kappa shape index (κ1) is 14.5. The van der Waals surface area contributed by atoms with Crippen molar-refractivity contribution in [1.82, 2.24) is 0 Å². The number of hydrogen-bond acceptors (Lipinski definition) is 3. The lowest BCUT2D eigenvalue weighted by Gasteiger charge is -2.12. The van der Waals surface area contributed by atoms with Gasteiger partial charge in [-0.05, 0) is 38.5 Å². The van der Waals surface area contributed by atoms with Gasteiger partial charge in [-0.2, -0.15) is 0 Å². The molecule has 1 unspecified atom stereocenters. The third kappa shape index (κ3) is 3.46. The number of primary amides is 1. The van der Waals surface area contributed by atoms with E-state index in [0.717, 1.165) is 5.56 Å². The van der Waals surface area contributed by atoms with E-state index in [4.69, 9.17) is 5.73 Å². The lowest BCUT2D eigenvalue weighted by atomic mass is 10.0. The van der Waals surface area contributed by atoms with Crippen molar-refractivity contribution in [3.05, 3.63) is 29.8 Å². The molecule has 1 rings (SSSR count). The molecule has 3 N–H and O–H groups in total. The molecular formula is C12H18N2O3S. The van der Waals surface area contributed by atoms with E-state index in [9.17, 15) is 13.2 Å². The summed E-state index contributed by atoms with van der Waals surface area (Å²) in [5, 5.41) is -0.498. The van der Waals surface area contributed by atoms with Gasteiger partial charge >= 0.3 is 0 Å². The summed E-state index contributed by atoms with van der Waals surface area (Å²) in [4.78, 5) is 11.0. The number of anilines is 1. The Kier molecular flexibility index (Phi) is 4.34. The predicted octanol–water partition coefficient (Wildman–Crippen LogP) is 1.43. The van der Waals surface area contributed by atoms with Crippen LogP contribution in [0.4, 0.5) is 5.69 Å². The van der Waals surface area contributed by atoms with Crippen molar-refractivity contribution in [3.63, 3.8) is 0 Å². The van der Waals surface area contributed by atoms with E-state index in [0.29, 0.717) is 5.69 Å². The number of rotatable bonds is 5. The van der Waals surface area contributed by atoms with Crippen molar-refractivity contribution in [2.45, 2.75) is 31.9 Å². The molecule has 0 aliphatic carbocycles. The number of amides is 1. The molecule has 0 spiro atoms. The smallest absolute Gasteiger partial charge is 0.235 e. The zero-order valence-corrected chi connectivity index (χ0v) is 11.5. The fourth-order valence-electron chi connectivity index (χ4n) is 1.29. The normalized spacial score (nSPS) is 13.3. The molecule has 1 atom stereocenters. The molecule has 0 bridgehead atoms. The second-order valence-corrected chi connectivity index (χ2v) is 6.68. The van der Waals surface area contributed by atoms with E-state index in [1.54, 1.807) is 45.0 Å². The lowest BCUT2D eigenvalue weighted by Crippen LogP contribution is -2.22. The third-order valence-electron chi connectivity index (χ3n) is 2.72. The minimum atomic E-state index is -3.34. The van der Waals surface area contributed by atoms with Gasteiger partial charge in [0, 0.05) is 5.69 Å². The van der Waals surface area contributed by atoms with Crippen molar-refractivity contribution < 1.29 is 13.2 Å². The van der Waals surface area contributed by atoms with E-state index in [1.165, 1.54) is 0 Å². The summed E-state index contributed by atoms with van der Waals surface area (Å²) in [6.07, 6.45) is 0. The first-order valence-electron chi connectivity index (χ1n) is 5.65. The second kappa shape index (κ2) is 5.39. The molecule has 1 aromatic carbocycles.